The maximum absolute atomic E-state index is 12.9. The SMILES string of the molecule is CC(C)(C)CC(=O)Nc1ccc(Cl)c(C(=O)NC23CCC(CN)(C2)OC3)c1. The van der Waals surface area contributed by atoms with Gasteiger partial charge in [-0.3, -0.25) is 9.59 Å². The molecule has 1 aliphatic heterocycles. The normalized spacial score (nSPS) is 26.9. The molecule has 6 nitrogen and oxygen atoms in total. The monoisotopic (exact) mass is 393 g/mol. The predicted octanol–water partition coefficient (Wildman–Crippen LogP) is 3.09. The van der Waals surface area contributed by atoms with E-state index in [0.717, 1.165) is 19.3 Å². The van der Waals surface area contributed by atoms with Gasteiger partial charge in [0.15, 0.2) is 0 Å². The molecule has 1 aliphatic carbocycles. The van der Waals surface area contributed by atoms with Crippen LogP contribution in [-0.2, 0) is 9.53 Å². The maximum atomic E-state index is 12.9. The van der Waals surface area contributed by atoms with Crippen LogP contribution < -0.4 is 16.4 Å². The first-order valence-corrected chi connectivity index (χ1v) is 9.69. The molecule has 0 aromatic heterocycles. The van der Waals surface area contributed by atoms with E-state index in [1.54, 1.807) is 18.2 Å². The van der Waals surface area contributed by atoms with Crippen molar-refractivity contribution in [1.29, 1.82) is 0 Å². The fraction of sp³-hybridized carbons (Fsp3) is 0.600. The van der Waals surface area contributed by atoms with Crippen molar-refractivity contribution < 1.29 is 14.3 Å². The number of hydrogen-bond acceptors (Lipinski definition) is 4. The van der Waals surface area contributed by atoms with Gasteiger partial charge < -0.3 is 21.1 Å². The average Bonchev–Trinajstić information content (AvgIpc) is 3.11. The Bertz CT molecular complexity index is 749. The minimum Gasteiger partial charge on any atom is -0.371 e. The molecule has 1 heterocycles. The van der Waals surface area contributed by atoms with Crippen LogP contribution in [0.2, 0.25) is 5.02 Å². The summed E-state index contributed by atoms with van der Waals surface area (Å²) in [5.41, 5.74) is 5.94. The van der Waals surface area contributed by atoms with Gasteiger partial charge >= 0.3 is 0 Å². The first-order valence-electron chi connectivity index (χ1n) is 9.31. The summed E-state index contributed by atoms with van der Waals surface area (Å²) in [5.74, 6) is -0.354. The number of nitrogens with two attached hydrogens (primary N) is 1. The molecule has 0 radical (unpaired) electrons. The van der Waals surface area contributed by atoms with E-state index in [2.05, 4.69) is 10.6 Å². The van der Waals surface area contributed by atoms with Crippen molar-refractivity contribution in [1.82, 2.24) is 5.32 Å². The fourth-order valence-corrected chi connectivity index (χ4v) is 4.15. The van der Waals surface area contributed by atoms with Crippen molar-refractivity contribution in [2.75, 3.05) is 18.5 Å². The number of rotatable bonds is 5. The summed E-state index contributed by atoms with van der Waals surface area (Å²) in [4.78, 5) is 25.0. The highest BCUT2D eigenvalue weighted by molar-refractivity contribution is 6.34. The van der Waals surface area contributed by atoms with E-state index in [1.807, 2.05) is 20.8 Å². The van der Waals surface area contributed by atoms with Crippen LogP contribution in [0.15, 0.2) is 18.2 Å². The molecule has 1 saturated heterocycles. The van der Waals surface area contributed by atoms with Crippen molar-refractivity contribution >= 4 is 29.1 Å². The van der Waals surface area contributed by atoms with Crippen LogP contribution in [0.1, 0.15) is 56.8 Å². The van der Waals surface area contributed by atoms with Gasteiger partial charge in [-0.15, -0.1) is 0 Å². The van der Waals surface area contributed by atoms with Crippen molar-refractivity contribution in [2.24, 2.45) is 11.1 Å². The molecule has 2 aliphatic rings. The third-order valence-electron chi connectivity index (χ3n) is 5.31. The summed E-state index contributed by atoms with van der Waals surface area (Å²) in [7, 11) is 0. The number of ether oxygens (including phenoxy) is 1. The Hall–Kier alpha value is -1.63. The first-order chi connectivity index (χ1) is 12.6. The number of nitrogens with one attached hydrogen (secondary N) is 2. The standard InChI is InChI=1S/C20H28ClN3O3/c1-18(2,3)9-16(25)23-13-4-5-15(21)14(8-13)17(26)24-19-6-7-20(10-19,11-22)27-12-19/h4-5,8H,6-7,9-12,22H2,1-3H3,(H,23,25)(H,24,26). The van der Waals surface area contributed by atoms with E-state index in [4.69, 9.17) is 22.1 Å². The smallest absolute Gasteiger partial charge is 0.253 e. The Morgan fingerprint density at radius 2 is 2.04 bits per heavy atom. The molecule has 2 bridgehead atoms. The zero-order valence-corrected chi connectivity index (χ0v) is 16.9. The van der Waals surface area contributed by atoms with E-state index >= 15 is 0 Å². The van der Waals surface area contributed by atoms with Gasteiger partial charge in [-0.1, -0.05) is 32.4 Å². The van der Waals surface area contributed by atoms with E-state index in [9.17, 15) is 9.59 Å². The fourth-order valence-electron chi connectivity index (χ4n) is 3.95. The van der Waals surface area contributed by atoms with Gasteiger partial charge in [0.05, 0.1) is 28.3 Å². The molecule has 2 fully saturated rings. The summed E-state index contributed by atoms with van der Waals surface area (Å²) in [5, 5.41) is 6.29. The zero-order chi connectivity index (χ0) is 19.9. The Labute approximate surface area is 165 Å². The first kappa shape index (κ1) is 20.1. The molecule has 1 aromatic rings. The molecule has 1 saturated carbocycles. The maximum Gasteiger partial charge on any atom is 0.253 e. The number of fused-ring (bicyclic) bond motifs is 2. The molecule has 7 heteroatoms. The molecule has 3 rings (SSSR count). The number of halogens is 1. The highest BCUT2D eigenvalue weighted by atomic mass is 35.5. The summed E-state index contributed by atoms with van der Waals surface area (Å²) in [6.07, 6.45) is 2.80. The van der Waals surface area contributed by atoms with E-state index in [0.29, 0.717) is 35.8 Å². The third-order valence-corrected chi connectivity index (χ3v) is 5.64. The summed E-state index contributed by atoms with van der Waals surface area (Å²) < 4.78 is 5.85. The Morgan fingerprint density at radius 3 is 2.59 bits per heavy atom. The summed E-state index contributed by atoms with van der Waals surface area (Å²) in [6.45, 7) is 6.92. The number of anilines is 1. The molecule has 0 spiro atoms. The Kier molecular flexibility index (Phi) is 5.27. The predicted molar refractivity (Wildman–Crippen MR) is 106 cm³/mol. The van der Waals surface area contributed by atoms with Gasteiger partial charge in [0, 0.05) is 25.1 Å². The van der Waals surface area contributed by atoms with Gasteiger partial charge in [0.1, 0.15) is 0 Å². The second-order valence-electron chi connectivity index (χ2n) is 9.07. The summed E-state index contributed by atoms with van der Waals surface area (Å²) >= 11 is 6.25. The molecule has 148 valence electrons. The molecule has 2 unspecified atom stereocenters. The van der Waals surface area contributed by atoms with Crippen molar-refractivity contribution in [3.8, 4) is 0 Å². The van der Waals surface area contributed by atoms with E-state index in [-0.39, 0.29) is 28.4 Å². The third kappa shape index (κ3) is 4.45. The lowest BCUT2D eigenvalue weighted by molar-refractivity contribution is -0.117. The molecular weight excluding hydrogens is 366 g/mol. The molecule has 1 aromatic carbocycles. The minimum atomic E-state index is -0.384. The number of carbonyl (C=O) groups excluding carboxylic acids is 2. The minimum absolute atomic E-state index is 0.0949. The van der Waals surface area contributed by atoms with Crippen LogP contribution in [0.3, 0.4) is 0 Å². The Morgan fingerprint density at radius 1 is 1.30 bits per heavy atom. The lowest BCUT2D eigenvalue weighted by atomic mass is 9.92. The molecule has 2 amide bonds. The van der Waals surface area contributed by atoms with Gasteiger partial charge in [-0.2, -0.15) is 0 Å². The highest BCUT2D eigenvalue weighted by Gasteiger charge is 2.55. The lowest BCUT2D eigenvalue weighted by Crippen LogP contribution is -2.48. The van der Waals surface area contributed by atoms with Crippen molar-refractivity contribution in [2.45, 2.75) is 57.6 Å². The van der Waals surface area contributed by atoms with Gasteiger partial charge in [0.2, 0.25) is 5.91 Å². The topological polar surface area (TPSA) is 93.5 Å². The number of benzene rings is 1. The second kappa shape index (κ2) is 7.08. The molecule has 27 heavy (non-hydrogen) atoms. The lowest BCUT2D eigenvalue weighted by Gasteiger charge is -2.28. The molecular formula is C20H28ClN3O3. The van der Waals surface area contributed by atoms with Crippen LogP contribution >= 0.6 is 11.6 Å². The van der Waals surface area contributed by atoms with Crippen molar-refractivity contribution in [3.05, 3.63) is 28.8 Å². The van der Waals surface area contributed by atoms with Crippen LogP contribution in [0.5, 0.6) is 0 Å². The van der Waals surface area contributed by atoms with Crippen LogP contribution in [-0.4, -0.2) is 36.1 Å². The van der Waals surface area contributed by atoms with Crippen LogP contribution in [0.25, 0.3) is 0 Å². The zero-order valence-electron chi connectivity index (χ0n) is 16.2. The molecule has 2 atom stereocenters. The summed E-state index contributed by atoms with van der Waals surface area (Å²) in [6, 6.07) is 4.95. The van der Waals surface area contributed by atoms with Gasteiger partial charge in [-0.25, -0.2) is 0 Å². The van der Waals surface area contributed by atoms with Crippen molar-refractivity contribution in [3.63, 3.8) is 0 Å². The largest absolute Gasteiger partial charge is 0.371 e. The van der Waals surface area contributed by atoms with E-state index < -0.39 is 0 Å². The second-order valence-corrected chi connectivity index (χ2v) is 9.47. The average molecular weight is 394 g/mol. The molecule has 4 N–H and O–H groups in total. The number of amides is 2. The van der Waals surface area contributed by atoms with Gasteiger partial charge in [-0.05, 0) is 36.5 Å². The quantitative estimate of drug-likeness (QED) is 0.716. The number of carbonyl (C=O) groups is 2. The highest BCUT2D eigenvalue weighted by Crippen LogP contribution is 2.46. The Balaban J connectivity index is 1.71. The van der Waals surface area contributed by atoms with E-state index in [1.165, 1.54) is 0 Å². The van der Waals surface area contributed by atoms with Crippen LogP contribution in [0.4, 0.5) is 5.69 Å². The number of hydrogen-bond donors (Lipinski definition) is 3. The van der Waals surface area contributed by atoms with Crippen LogP contribution in [0, 0.1) is 5.41 Å². The van der Waals surface area contributed by atoms with Gasteiger partial charge in [0.25, 0.3) is 5.91 Å².